The number of nitrogens with two attached hydrogens (primary N) is 1. The highest BCUT2D eigenvalue weighted by Crippen LogP contribution is 2.44. The number of carbonyl (C=O) groups is 1. The molecule has 1 aliphatic heterocycles. The van der Waals surface area contributed by atoms with Crippen molar-refractivity contribution in [2.45, 2.75) is 68.6 Å². The molecule has 7 nitrogen and oxygen atoms in total. The Morgan fingerprint density at radius 1 is 1.23 bits per heavy atom. The molecule has 0 aromatic heterocycles. The molecular formula is C23H33N3O4S. The standard InChI is InChI=1S/C23H33N3O4S/c1-30-16-9-7-15(8-10-16)13-26-19-20(28)18(27)11-17(22(24)29)21(19)31-23(26)25-12-14-5-3-2-4-6-14/h7-10,14,17-21,27-28H,2-6,11-13H2,1H3,(H2,24,29)/t17-,18+,19-,20-,21+/m0/s1. The third-order valence-corrected chi connectivity index (χ3v) is 8.36. The Hall–Kier alpha value is -1.77. The number of hydrogen-bond acceptors (Lipinski definition) is 6. The number of amides is 1. The first-order valence-electron chi connectivity index (χ1n) is 11.2. The van der Waals surface area contributed by atoms with E-state index in [2.05, 4.69) is 4.90 Å². The second kappa shape index (κ2) is 9.79. The van der Waals surface area contributed by atoms with E-state index in [1.54, 1.807) is 7.11 Å². The van der Waals surface area contributed by atoms with Crippen LogP contribution in [0.3, 0.4) is 0 Å². The van der Waals surface area contributed by atoms with Gasteiger partial charge in [0.05, 0.1) is 25.2 Å². The Kier molecular flexibility index (Phi) is 7.08. The van der Waals surface area contributed by atoms with Crippen LogP contribution in [0.1, 0.15) is 44.1 Å². The summed E-state index contributed by atoms with van der Waals surface area (Å²) in [6, 6.07) is 7.40. The number of primary amides is 1. The number of aliphatic hydroxyl groups is 2. The third-order valence-electron chi connectivity index (χ3n) is 6.91. The van der Waals surface area contributed by atoms with Crippen molar-refractivity contribution in [2.75, 3.05) is 13.7 Å². The summed E-state index contributed by atoms with van der Waals surface area (Å²) in [6.45, 7) is 1.30. The molecule has 3 aliphatic rings. The van der Waals surface area contributed by atoms with Crippen LogP contribution in [-0.2, 0) is 11.3 Å². The van der Waals surface area contributed by atoms with Gasteiger partial charge in [0.25, 0.3) is 0 Å². The van der Waals surface area contributed by atoms with E-state index < -0.39 is 30.1 Å². The Balaban J connectivity index is 1.61. The predicted octanol–water partition coefficient (Wildman–Crippen LogP) is 2.14. The third kappa shape index (κ3) is 4.86. The largest absolute Gasteiger partial charge is 0.497 e. The average Bonchev–Trinajstić information content (AvgIpc) is 3.14. The number of fused-ring (bicyclic) bond motifs is 1. The minimum Gasteiger partial charge on any atom is -0.497 e. The summed E-state index contributed by atoms with van der Waals surface area (Å²) in [5.41, 5.74) is 6.73. The van der Waals surface area contributed by atoms with Crippen molar-refractivity contribution in [3.05, 3.63) is 29.8 Å². The van der Waals surface area contributed by atoms with Crippen molar-refractivity contribution in [1.82, 2.24) is 4.90 Å². The summed E-state index contributed by atoms with van der Waals surface area (Å²) in [5.74, 6) is 0.459. The van der Waals surface area contributed by atoms with Crippen molar-refractivity contribution in [3.8, 4) is 5.75 Å². The average molecular weight is 448 g/mol. The van der Waals surface area contributed by atoms with Gasteiger partial charge in [-0.05, 0) is 42.9 Å². The molecule has 2 aliphatic carbocycles. The molecule has 2 saturated carbocycles. The molecule has 31 heavy (non-hydrogen) atoms. The Bertz CT molecular complexity index is 797. The first kappa shape index (κ1) is 22.4. The number of amidine groups is 1. The number of rotatable bonds is 6. The molecule has 5 atom stereocenters. The van der Waals surface area contributed by atoms with Gasteiger partial charge >= 0.3 is 0 Å². The van der Waals surface area contributed by atoms with Gasteiger partial charge < -0.3 is 25.6 Å². The molecule has 1 heterocycles. The van der Waals surface area contributed by atoms with Crippen LogP contribution >= 0.6 is 11.8 Å². The number of carbonyl (C=O) groups excluding carboxylic acids is 1. The lowest BCUT2D eigenvalue weighted by atomic mass is 9.80. The van der Waals surface area contributed by atoms with Crippen LogP contribution in [0.25, 0.3) is 0 Å². The fraction of sp³-hybridized carbons (Fsp3) is 0.652. The Morgan fingerprint density at radius 3 is 2.58 bits per heavy atom. The summed E-state index contributed by atoms with van der Waals surface area (Å²) in [7, 11) is 1.64. The molecule has 4 N–H and O–H groups in total. The monoisotopic (exact) mass is 447 g/mol. The normalized spacial score (nSPS) is 32.8. The molecule has 0 bridgehead atoms. The quantitative estimate of drug-likeness (QED) is 0.617. The maximum Gasteiger partial charge on any atom is 0.221 e. The van der Waals surface area contributed by atoms with Gasteiger partial charge in [0, 0.05) is 18.3 Å². The number of hydrogen-bond donors (Lipinski definition) is 3. The van der Waals surface area contributed by atoms with E-state index in [1.807, 2.05) is 24.3 Å². The van der Waals surface area contributed by atoms with E-state index in [-0.39, 0.29) is 11.7 Å². The molecule has 170 valence electrons. The summed E-state index contributed by atoms with van der Waals surface area (Å²) in [5, 5.41) is 22.0. The second-order valence-electron chi connectivity index (χ2n) is 8.98. The van der Waals surface area contributed by atoms with Crippen LogP contribution in [0.15, 0.2) is 29.3 Å². The number of methoxy groups -OCH3 is 1. The predicted molar refractivity (Wildman–Crippen MR) is 122 cm³/mol. The van der Waals surface area contributed by atoms with Gasteiger partial charge in [0.2, 0.25) is 5.91 Å². The molecular weight excluding hydrogens is 414 g/mol. The molecule has 1 saturated heterocycles. The van der Waals surface area contributed by atoms with Gasteiger partial charge in [0.15, 0.2) is 5.17 Å². The summed E-state index contributed by atoms with van der Waals surface area (Å²) in [6.07, 6.45) is 4.51. The lowest BCUT2D eigenvalue weighted by molar-refractivity contribution is -0.128. The SMILES string of the molecule is COc1ccc(CN2C(=NCC3CCCCC3)S[C@H]3[C@@H]2[C@@H](O)[C@H](O)C[C@@H]3C(N)=O)cc1. The van der Waals surface area contributed by atoms with Gasteiger partial charge in [-0.1, -0.05) is 43.2 Å². The molecule has 0 radical (unpaired) electrons. The summed E-state index contributed by atoms with van der Waals surface area (Å²) >= 11 is 1.54. The van der Waals surface area contributed by atoms with Crippen molar-refractivity contribution in [3.63, 3.8) is 0 Å². The molecule has 1 aromatic carbocycles. The molecule has 8 heteroatoms. The van der Waals surface area contributed by atoms with Crippen LogP contribution in [0.4, 0.5) is 0 Å². The molecule has 0 unspecified atom stereocenters. The van der Waals surface area contributed by atoms with Crippen LogP contribution in [0.2, 0.25) is 0 Å². The van der Waals surface area contributed by atoms with E-state index >= 15 is 0 Å². The number of aliphatic imine (C=N–C) groups is 1. The summed E-state index contributed by atoms with van der Waals surface area (Å²) in [4.78, 5) is 19.2. The van der Waals surface area contributed by atoms with Gasteiger partial charge in [-0.25, -0.2) is 0 Å². The van der Waals surface area contributed by atoms with E-state index in [9.17, 15) is 15.0 Å². The van der Waals surface area contributed by atoms with Crippen LogP contribution in [-0.4, -0.2) is 63.3 Å². The first-order valence-corrected chi connectivity index (χ1v) is 12.1. The van der Waals surface area contributed by atoms with E-state index in [0.29, 0.717) is 12.5 Å². The molecule has 1 amide bonds. The minimum absolute atomic E-state index is 0.191. The number of nitrogens with zero attached hydrogens (tertiary/aromatic N) is 2. The highest BCUT2D eigenvalue weighted by atomic mass is 32.2. The zero-order valence-electron chi connectivity index (χ0n) is 18.0. The van der Waals surface area contributed by atoms with Crippen molar-refractivity contribution >= 4 is 22.8 Å². The number of ether oxygens (including phenoxy) is 1. The maximum atomic E-state index is 12.1. The zero-order chi connectivity index (χ0) is 22.0. The van der Waals surface area contributed by atoms with Crippen molar-refractivity contribution in [1.29, 1.82) is 0 Å². The van der Waals surface area contributed by atoms with Crippen LogP contribution in [0.5, 0.6) is 5.75 Å². The molecule has 4 rings (SSSR count). The maximum absolute atomic E-state index is 12.1. The molecule has 0 spiro atoms. The topological polar surface area (TPSA) is 108 Å². The molecule has 3 fully saturated rings. The van der Waals surface area contributed by atoms with Crippen LogP contribution < -0.4 is 10.5 Å². The Labute approximate surface area is 188 Å². The van der Waals surface area contributed by atoms with Crippen molar-refractivity contribution in [2.24, 2.45) is 22.6 Å². The van der Waals surface area contributed by atoms with Crippen molar-refractivity contribution < 1.29 is 19.7 Å². The number of thioether (sulfide) groups is 1. The lowest BCUT2D eigenvalue weighted by Gasteiger charge is -2.41. The van der Waals surface area contributed by atoms with Gasteiger partial charge in [-0.15, -0.1) is 0 Å². The Morgan fingerprint density at radius 2 is 1.94 bits per heavy atom. The smallest absolute Gasteiger partial charge is 0.221 e. The van der Waals surface area contributed by atoms with E-state index in [4.69, 9.17) is 15.5 Å². The zero-order valence-corrected chi connectivity index (χ0v) is 18.8. The lowest BCUT2D eigenvalue weighted by Crippen LogP contribution is -2.58. The fourth-order valence-electron chi connectivity index (χ4n) is 5.11. The second-order valence-corrected chi connectivity index (χ2v) is 10.1. The van der Waals surface area contributed by atoms with Gasteiger partial charge in [-0.3, -0.25) is 9.79 Å². The molecule has 1 aromatic rings. The highest BCUT2D eigenvalue weighted by molar-refractivity contribution is 8.14. The van der Waals surface area contributed by atoms with Crippen LogP contribution in [0, 0.1) is 11.8 Å². The van der Waals surface area contributed by atoms with Gasteiger partial charge in [-0.2, -0.15) is 0 Å². The van der Waals surface area contributed by atoms with E-state index in [0.717, 1.165) is 23.0 Å². The van der Waals surface area contributed by atoms with Gasteiger partial charge in [0.1, 0.15) is 11.9 Å². The number of benzene rings is 1. The first-order chi connectivity index (χ1) is 15.0. The fourth-order valence-corrected chi connectivity index (χ4v) is 6.68. The number of aliphatic hydroxyl groups excluding tert-OH is 2. The van der Waals surface area contributed by atoms with E-state index in [1.165, 1.54) is 43.9 Å². The minimum atomic E-state index is -0.976. The summed E-state index contributed by atoms with van der Waals surface area (Å²) < 4.78 is 5.26. The highest BCUT2D eigenvalue weighted by Gasteiger charge is 2.54.